The Hall–Kier alpha value is -1.14. The number of hydrogen-bond acceptors (Lipinski definition) is 4. The first-order valence-corrected chi connectivity index (χ1v) is 7.10. The SMILES string of the molecule is CN(C)C(=O)CN1CCN(C(=O)[C@H](N)C(C)(C)C)CC1. The molecule has 0 bridgehead atoms. The van der Waals surface area contributed by atoms with Gasteiger partial charge in [0.25, 0.3) is 0 Å². The maximum absolute atomic E-state index is 12.3. The molecule has 0 saturated carbocycles. The molecule has 0 aromatic heterocycles. The van der Waals surface area contributed by atoms with Gasteiger partial charge in [0.15, 0.2) is 0 Å². The Morgan fingerprint density at radius 2 is 1.65 bits per heavy atom. The van der Waals surface area contributed by atoms with E-state index in [9.17, 15) is 9.59 Å². The van der Waals surface area contributed by atoms with Crippen molar-refractivity contribution < 1.29 is 9.59 Å². The van der Waals surface area contributed by atoms with E-state index in [1.165, 1.54) is 0 Å². The molecule has 1 saturated heterocycles. The van der Waals surface area contributed by atoms with Crippen LogP contribution in [-0.2, 0) is 9.59 Å². The van der Waals surface area contributed by atoms with E-state index in [0.717, 1.165) is 13.1 Å². The fourth-order valence-electron chi connectivity index (χ4n) is 2.03. The molecule has 116 valence electrons. The van der Waals surface area contributed by atoms with Gasteiger partial charge in [0.05, 0.1) is 12.6 Å². The summed E-state index contributed by atoms with van der Waals surface area (Å²) in [7, 11) is 3.51. The molecule has 20 heavy (non-hydrogen) atoms. The van der Waals surface area contributed by atoms with Crippen LogP contribution in [0.25, 0.3) is 0 Å². The summed E-state index contributed by atoms with van der Waals surface area (Å²) in [5.41, 5.74) is 5.79. The van der Waals surface area contributed by atoms with Gasteiger partial charge in [-0.15, -0.1) is 0 Å². The first-order chi connectivity index (χ1) is 9.12. The number of nitrogens with two attached hydrogens (primary N) is 1. The summed E-state index contributed by atoms with van der Waals surface area (Å²) in [5.74, 6) is 0.104. The standard InChI is InChI=1S/C14H28N4O2/c1-14(2,3)12(15)13(20)18-8-6-17(7-9-18)10-11(19)16(4)5/h12H,6-10,15H2,1-5H3/t12-/m0/s1. The van der Waals surface area contributed by atoms with Gasteiger partial charge >= 0.3 is 0 Å². The van der Waals surface area contributed by atoms with Crippen LogP contribution in [0, 0.1) is 5.41 Å². The Labute approximate surface area is 121 Å². The number of hydrogen-bond donors (Lipinski definition) is 1. The maximum Gasteiger partial charge on any atom is 0.240 e. The van der Waals surface area contributed by atoms with E-state index in [4.69, 9.17) is 5.73 Å². The predicted octanol–water partition coefficient (Wildman–Crippen LogP) is -0.408. The van der Waals surface area contributed by atoms with Crippen LogP contribution in [0.2, 0.25) is 0 Å². The van der Waals surface area contributed by atoms with Crippen molar-refractivity contribution in [3.8, 4) is 0 Å². The lowest BCUT2D eigenvalue weighted by Gasteiger charge is -2.38. The second-order valence-corrected chi connectivity index (χ2v) is 6.73. The molecule has 1 atom stereocenters. The highest BCUT2D eigenvalue weighted by Gasteiger charge is 2.32. The van der Waals surface area contributed by atoms with Crippen LogP contribution in [0.1, 0.15) is 20.8 Å². The predicted molar refractivity (Wildman–Crippen MR) is 79.1 cm³/mol. The lowest BCUT2D eigenvalue weighted by Crippen LogP contribution is -2.57. The van der Waals surface area contributed by atoms with Crippen LogP contribution < -0.4 is 5.73 Å². The summed E-state index contributed by atoms with van der Waals surface area (Å²) in [6, 6.07) is -0.475. The third kappa shape index (κ3) is 4.45. The van der Waals surface area contributed by atoms with E-state index < -0.39 is 6.04 Å². The summed E-state index contributed by atoms with van der Waals surface area (Å²) in [5, 5.41) is 0. The third-order valence-electron chi connectivity index (χ3n) is 3.74. The number of rotatable bonds is 3. The van der Waals surface area contributed by atoms with E-state index >= 15 is 0 Å². The summed E-state index contributed by atoms with van der Waals surface area (Å²) < 4.78 is 0. The highest BCUT2D eigenvalue weighted by Crippen LogP contribution is 2.19. The number of likely N-dealkylation sites (N-methyl/N-ethyl adjacent to an activating group) is 1. The van der Waals surface area contributed by atoms with Gasteiger partial charge in [0.2, 0.25) is 11.8 Å². The van der Waals surface area contributed by atoms with Crippen molar-refractivity contribution in [1.82, 2.24) is 14.7 Å². The first kappa shape index (κ1) is 16.9. The lowest BCUT2D eigenvalue weighted by molar-refractivity contribution is -0.137. The number of nitrogens with zero attached hydrogens (tertiary/aromatic N) is 3. The molecule has 0 spiro atoms. The fraction of sp³-hybridized carbons (Fsp3) is 0.857. The van der Waals surface area contributed by atoms with Crippen molar-refractivity contribution in [3.63, 3.8) is 0 Å². The molecule has 2 amide bonds. The van der Waals surface area contributed by atoms with Gasteiger partial charge in [-0.05, 0) is 5.41 Å². The van der Waals surface area contributed by atoms with Crippen molar-refractivity contribution in [2.75, 3.05) is 46.8 Å². The Morgan fingerprint density at radius 3 is 2.05 bits per heavy atom. The average Bonchev–Trinajstić information content (AvgIpc) is 2.36. The molecular weight excluding hydrogens is 256 g/mol. The minimum absolute atomic E-state index is 0.0103. The Balaban J connectivity index is 2.46. The molecule has 1 fully saturated rings. The number of carbonyl (C=O) groups is 2. The second kappa shape index (κ2) is 6.54. The molecule has 1 aliphatic heterocycles. The van der Waals surface area contributed by atoms with Crippen molar-refractivity contribution in [2.45, 2.75) is 26.8 Å². The van der Waals surface area contributed by atoms with Crippen LogP contribution in [0.4, 0.5) is 0 Å². The normalized spacial score (nSPS) is 18.8. The summed E-state index contributed by atoms with van der Waals surface area (Å²) in [4.78, 5) is 29.4. The van der Waals surface area contributed by atoms with Gasteiger partial charge in [-0.25, -0.2) is 0 Å². The Kier molecular flexibility index (Phi) is 5.53. The quantitative estimate of drug-likeness (QED) is 0.765. The largest absolute Gasteiger partial charge is 0.348 e. The van der Waals surface area contributed by atoms with E-state index in [1.807, 2.05) is 25.7 Å². The molecule has 0 aliphatic carbocycles. The number of piperazine rings is 1. The minimum Gasteiger partial charge on any atom is -0.348 e. The van der Waals surface area contributed by atoms with Crippen molar-refractivity contribution in [1.29, 1.82) is 0 Å². The molecule has 6 nitrogen and oxygen atoms in total. The van der Waals surface area contributed by atoms with Crippen LogP contribution in [0.5, 0.6) is 0 Å². The molecule has 0 aromatic rings. The van der Waals surface area contributed by atoms with Crippen molar-refractivity contribution in [2.24, 2.45) is 11.1 Å². The smallest absolute Gasteiger partial charge is 0.240 e. The fourth-order valence-corrected chi connectivity index (χ4v) is 2.03. The molecule has 6 heteroatoms. The molecule has 1 rings (SSSR count). The molecule has 1 heterocycles. The summed E-state index contributed by atoms with van der Waals surface area (Å²) in [6.45, 7) is 9.07. The highest BCUT2D eigenvalue weighted by atomic mass is 16.2. The molecule has 1 aliphatic rings. The molecule has 2 N–H and O–H groups in total. The summed E-state index contributed by atoms with van der Waals surface area (Å²) >= 11 is 0. The van der Waals surface area contributed by atoms with E-state index in [2.05, 4.69) is 4.90 Å². The maximum atomic E-state index is 12.3. The lowest BCUT2D eigenvalue weighted by atomic mass is 9.86. The van der Waals surface area contributed by atoms with E-state index in [1.54, 1.807) is 19.0 Å². The van der Waals surface area contributed by atoms with Crippen LogP contribution in [-0.4, -0.2) is 79.4 Å². The monoisotopic (exact) mass is 284 g/mol. The topological polar surface area (TPSA) is 69.9 Å². The number of carbonyl (C=O) groups excluding carboxylic acids is 2. The highest BCUT2D eigenvalue weighted by molar-refractivity contribution is 5.82. The zero-order valence-electron chi connectivity index (χ0n) is 13.3. The minimum atomic E-state index is -0.475. The first-order valence-electron chi connectivity index (χ1n) is 7.10. The second-order valence-electron chi connectivity index (χ2n) is 6.73. The van der Waals surface area contributed by atoms with E-state index in [0.29, 0.717) is 19.6 Å². The van der Waals surface area contributed by atoms with Crippen LogP contribution in [0.3, 0.4) is 0 Å². The van der Waals surface area contributed by atoms with Gasteiger partial charge in [-0.1, -0.05) is 20.8 Å². The van der Waals surface area contributed by atoms with Crippen molar-refractivity contribution in [3.05, 3.63) is 0 Å². The Morgan fingerprint density at radius 1 is 1.15 bits per heavy atom. The molecular formula is C14H28N4O2. The van der Waals surface area contributed by atoms with Gasteiger partial charge in [0.1, 0.15) is 0 Å². The molecule has 0 radical (unpaired) electrons. The van der Waals surface area contributed by atoms with Gasteiger partial charge in [-0.2, -0.15) is 0 Å². The van der Waals surface area contributed by atoms with Crippen LogP contribution in [0.15, 0.2) is 0 Å². The van der Waals surface area contributed by atoms with Gasteiger partial charge < -0.3 is 15.5 Å². The zero-order chi connectivity index (χ0) is 15.5. The zero-order valence-corrected chi connectivity index (χ0v) is 13.3. The molecule has 0 unspecified atom stereocenters. The van der Waals surface area contributed by atoms with Gasteiger partial charge in [-0.3, -0.25) is 14.5 Å². The van der Waals surface area contributed by atoms with Crippen molar-refractivity contribution >= 4 is 11.8 Å². The average molecular weight is 284 g/mol. The molecule has 0 aromatic carbocycles. The van der Waals surface area contributed by atoms with E-state index in [-0.39, 0.29) is 17.2 Å². The summed E-state index contributed by atoms with van der Waals surface area (Å²) in [6.07, 6.45) is 0. The van der Waals surface area contributed by atoms with Gasteiger partial charge in [0, 0.05) is 40.3 Å². The number of amides is 2. The third-order valence-corrected chi connectivity index (χ3v) is 3.74. The van der Waals surface area contributed by atoms with Crippen LogP contribution >= 0.6 is 0 Å². The Bertz CT molecular complexity index is 355.